The Balaban J connectivity index is 2.13. The van der Waals surface area contributed by atoms with Crippen molar-refractivity contribution in [2.24, 2.45) is 17.8 Å². The molecular weight excluding hydrogens is 124 g/mol. The van der Waals surface area contributed by atoms with Crippen LogP contribution in [-0.2, 0) is 0 Å². The molecule has 0 spiro atoms. The lowest BCUT2D eigenvalue weighted by Crippen LogP contribution is -2.42. The SMILES string of the molecule is CC1C2CCC(CC2)C1O. The van der Waals surface area contributed by atoms with Gasteiger partial charge in [-0.2, -0.15) is 0 Å². The fraction of sp³-hybridized carbons (Fsp3) is 1.00. The van der Waals surface area contributed by atoms with Gasteiger partial charge >= 0.3 is 0 Å². The molecule has 0 aromatic carbocycles. The van der Waals surface area contributed by atoms with E-state index in [1.165, 1.54) is 25.7 Å². The Kier molecular flexibility index (Phi) is 1.48. The van der Waals surface area contributed by atoms with Gasteiger partial charge in [-0.05, 0) is 43.4 Å². The predicted molar refractivity (Wildman–Crippen MR) is 40.6 cm³/mol. The maximum atomic E-state index is 9.67. The predicted octanol–water partition coefficient (Wildman–Crippen LogP) is 1.80. The van der Waals surface area contributed by atoms with Gasteiger partial charge in [0.05, 0.1) is 6.10 Å². The Labute approximate surface area is 62.4 Å². The van der Waals surface area contributed by atoms with Crippen molar-refractivity contribution in [2.45, 2.75) is 38.7 Å². The molecule has 0 saturated heterocycles. The van der Waals surface area contributed by atoms with Gasteiger partial charge in [-0.1, -0.05) is 6.92 Å². The van der Waals surface area contributed by atoms with Crippen LogP contribution in [0.4, 0.5) is 0 Å². The van der Waals surface area contributed by atoms with E-state index in [9.17, 15) is 5.11 Å². The van der Waals surface area contributed by atoms with E-state index in [-0.39, 0.29) is 6.10 Å². The van der Waals surface area contributed by atoms with Crippen molar-refractivity contribution in [3.63, 3.8) is 0 Å². The van der Waals surface area contributed by atoms with E-state index >= 15 is 0 Å². The van der Waals surface area contributed by atoms with Crippen LogP contribution in [0.5, 0.6) is 0 Å². The minimum absolute atomic E-state index is 0.0347. The van der Waals surface area contributed by atoms with Crippen molar-refractivity contribution in [1.29, 1.82) is 0 Å². The molecule has 3 rings (SSSR count). The summed E-state index contributed by atoms with van der Waals surface area (Å²) in [6.45, 7) is 2.21. The van der Waals surface area contributed by atoms with E-state index in [0.717, 1.165) is 5.92 Å². The largest absolute Gasteiger partial charge is 0.393 e. The normalized spacial score (nSPS) is 53.4. The van der Waals surface area contributed by atoms with Crippen LogP contribution in [0.1, 0.15) is 32.6 Å². The van der Waals surface area contributed by atoms with Gasteiger partial charge in [0, 0.05) is 0 Å². The molecule has 2 bridgehead atoms. The first-order valence-corrected chi connectivity index (χ1v) is 4.47. The summed E-state index contributed by atoms with van der Waals surface area (Å²) in [7, 11) is 0. The van der Waals surface area contributed by atoms with Gasteiger partial charge in [0.15, 0.2) is 0 Å². The fourth-order valence-electron chi connectivity index (χ4n) is 2.72. The molecule has 0 heterocycles. The van der Waals surface area contributed by atoms with E-state index in [4.69, 9.17) is 0 Å². The zero-order valence-corrected chi connectivity index (χ0v) is 6.59. The molecule has 2 atom stereocenters. The molecule has 58 valence electrons. The Morgan fingerprint density at radius 3 is 1.80 bits per heavy atom. The van der Waals surface area contributed by atoms with E-state index < -0.39 is 0 Å². The first-order chi connectivity index (χ1) is 4.79. The average Bonchev–Trinajstić information content (AvgIpc) is 2.00. The lowest BCUT2D eigenvalue weighted by molar-refractivity contribution is -0.0471. The highest BCUT2D eigenvalue weighted by Crippen LogP contribution is 2.44. The van der Waals surface area contributed by atoms with Gasteiger partial charge in [0.2, 0.25) is 0 Å². The summed E-state index contributed by atoms with van der Waals surface area (Å²) in [5, 5.41) is 9.67. The Morgan fingerprint density at radius 2 is 1.50 bits per heavy atom. The summed E-state index contributed by atoms with van der Waals surface area (Å²) in [4.78, 5) is 0. The smallest absolute Gasteiger partial charge is 0.0596 e. The zero-order valence-electron chi connectivity index (χ0n) is 6.59. The summed E-state index contributed by atoms with van der Waals surface area (Å²) in [5.41, 5.74) is 0. The number of aliphatic hydroxyl groups excluding tert-OH is 1. The van der Waals surface area contributed by atoms with Crippen LogP contribution in [0.15, 0.2) is 0 Å². The van der Waals surface area contributed by atoms with Crippen LogP contribution < -0.4 is 0 Å². The molecule has 3 aliphatic carbocycles. The van der Waals surface area contributed by atoms with E-state index in [1.807, 2.05) is 0 Å². The van der Waals surface area contributed by atoms with Crippen molar-refractivity contribution in [3.8, 4) is 0 Å². The second-order valence-electron chi connectivity index (χ2n) is 4.02. The minimum atomic E-state index is 0.0347. The highest BCUT2D eigenvalue weighted by molar-refractivity contribution is 4.90. The molecule has 3 fully saturated rings. The Hall–Kier alpha value is -0.0400. The third kappa shape index (κ3) is 0.800. The molecule has 1 nitrogen and oxygen atoms in total. The molecule has 1 N–H and O–H groups in total. The summed E-state index contributed by atoms with van der Waals surface area (Å²) in [6, 6.07) is 0. The third-order valence-corrected chi connectivity index (χ3v) is 3.58. The molecule has 0 radical (unpaired) electrons. The molecule has 3 aliphatic rings. The zero-order chi connectivity index (χ0) is 7.14. The highest BCUT2D eigenvalue weighted by Gasteiger charge is 2.39. The van der Waals surface area contributed by atoms with Crippen LogP contribution in [0.3, 0.4) is 0 Å². The maximum absolute atomic E-state index is 9.67. The summed E-state index contributed by atoms with van der Waals surface area (Å²) in [5.74, 6) is 2.09. The van der Waals surface area contributed by atoms with Crippen LogP contribution in [0.2, 0.25) is 0 Å². The van der Waals surface area contributed by atoms with Gasteiger partial charge in [-0.15, -0.1) is 0 Å². The molecule has 0 amide bonds. The fourth-order valence-corrected chi connectivity index (χ4v) is 2.72. The first kappa shape index (κ1) is 6.66. The Bertz CT molecular complexity index is 105. The summed E-state index contributed by atoms with van der Waals surface area (Å²) in [6.07, 6.45) is 5.37. The van der Waals surface area contributed by atoms with Crippen LogP contribution in [0, 0.1) is 17.8 Å². The van der Waals surface area contributed by atoms with E-state index in [1.54, 1.807) is 0 Å². The molecule has 0 aromatic heterocycles. The molecular formula is C9H16O. The quantitative estimate of drug-likeness (QED) is 0.544. The van der Waals surface area contributed by atoms with Crippen LogP contribution >= 0.6 is 0 Å². The van der Waals surface area contributed by atoms with Gasteiger partial charge in [0.25, 0.3) is 0 Å². The molecule has 0 aliphatic heterocycles. The van der Waals surface area contributed by atoms with Gasteiger partial charge in [-0.25, -0.2) is 0 Å². The molecule has 2 unspecified atom stereocenters. The number of hydrogen-bond donors (Lipinski definition) is 1. The molecule has 1 heteroatoms. The van der Waals surface area contributed by atoms with E-state index in [0.29, 0.717) is 11.8 Å². The topological polar surface area (TPSA) is 20.2 Å². The van der Waals surface area contributed by atoms with Crippen LogP contribution in [0.25, 0.3) is 0 Å². The lowest BCUT2D eigenvalue weighted by Gasteiger charge is -2.44. The van der Waals surface area contributed by atoms with Crippen LogP contribution in [-0.4, -0.2) is 11.2 Å². The van der Waals surface area contributed by atoms with Crippen molar-refractivity contribution >= 4 is 0 Å². The highest BCUT2D eigenvalue weighted by atomic mass is 16.3. The Morgan fingerprint density at radius 1 is 1.00 bits per heavy atom. The monoisotopic (exact) mass is 140 g/mol. The second-order valence-corrected chi connectivity index (χ2v) is 4.02. The first-order valence-electron chi connectivity index (χ1n) is 4.47. The summed E-state index contributed by atoms with van der Waals surface area (Å²) >= 11 is 0. The van der Waals surface area contributed by atoms with Crippen molar-refractivity contribution in [1.82, 2.24) is 0 Å². The number of fused-ring (bicyclic) bond motifs is 3. The van der Waals surface area contributed by atoms with Crippen molar-refractivity contribution in [2.75, 3.05) is 0 Å². The number of aliphatic hydroxyl groups is 1. The van der Waals surface area contributed by atoms with Gasteiger partial charge < -0.3 is 5.11 Å². The maximum Gasteiger partial charge on any atom is 0.0596 e. The average molecular weight is 140 g/mol. The number of rotatable bonds is 0. The summed E-state index contributed by atoms with van der Waals surface area (Å²) < 4.78 is 0. The lowest BCUT2D eigenvalue weighted by atomic mass is 9.64. The van der Waals surface area contributed by atoms with Gasteiger partial charge in [0.1, 0.15) is 0 Å². The van der Waals surface area contributed by atoms with Gasteiger partial charge in [-0.3, -0.25) is 0 Å². The van der Waals surface area contributed by atoms with Crippen molar-refractivity contribution in [3.05, 3.63) is 0 Å². The number of hydrogen-bond acceptors (Lipinski definition) is 1. The van der Waals surface area contributed by atoms with Crippen molar-refractivity contribution < 1.29 is 5.11 Å². The minimum Gasteiger partial charge on any atom is -0.393 e. The third-order valence-electron chi connectivity index (χ3n) is 3.58. The molecule has 0 aromatic rings. The molecule has 3 saturated carbocycles. The second kappa shape index (κ2) is 2.23. The standard InChI is InChI=1S/C9H16O/c1-6-7-2-4-8(5-3-7)9(6)10/h6-10H,2-5H2,1H3. The van der Waals surface area contributed by atoms with E-state index in [2.05, 4.69) is 6.92 Å². The molecule has 10 heavy (non-hydrogen) atoms.